The summed E-state index contributed by atoms with van der Waals surface area (Å²) in [5.74, 6) is -1.51. The highest BCUT2D eigenvalue weighted by Crippen LogP contribution is 2.37. The van der Waals surface area contributed by atoms with Crippen LogP contribution in [0.5, 0.6) is 0 Å². The van der Waals surface area contributed by atoms with Crippen molar-refractivity contribution in [3.8, 4) is 11.1 Å². The lowest BCUT2D eigenvalue weighted by atomic mass is 9.87. The minimum Gasteiger partial charge on any atom is -0.480 e. The van der Waals surface area contributed by atoms with Gasteiger partial charge in [-0.15, -0.1) is 0 Å². The molecule has 41 heavy (non-hydrogen) atoms. The van der Waals surface area contributed by atoms with Crippen LogP contribution in [-0.2, 0) is 23.7 Å². The van der Waals surface area contributed by atoms with Crippen LogP contribution in [0.15, 0.2) is 103 Å². The lowest BCUT2D eigenvalue weighted by molar-refractivity contribution is -0.139. The molecule has 0 saturated heterocycles. The molecule has 208 valence electrons. The highest BCUT2D eigenvalue weighted by atomic mass is 16.4. The number of nitrogens with one attached hydrogen (secondary N) is 2. The summed E-state index contributed by atoms with van der Waals surface area (Å²) in [7, 11) is 1.84. The first-order chi connectivity index (χ1) is 19.6. The van der Waals surface area contributed by atoms with E-state index in [1.807, 2.05) is 90.5 Å². The maximum atomic E-state index is 13.8. The van der Waals surface area contributed by atoms with Crippen LogP contribution in [0.25, 0.3) is 22.0 Å². The van der Waals surface area contributed by atoms with E-state index in [2.05, 4.69) is 55.7 Å². The van der Waals surface area contributed by atoms with Gasteiger partial charge in [-0.05, 0) is 52.4 Å². The standard InChI is InChI=1S/C35H35N3O3/c1-35(2,3)25-15-17-26(18-16-25)36-27-19-20-30-28(22-27)31(24-13-9-6-10-14-24)32(38(30)4)33(39)37-29(34(40)41)21-23-11-7-5-8-12-23/h5-20,22,29,36H,21H2,1-4H3,(H,37,39)(H,40,41)/t29-/m0/s1. The Balaban J connectivity index is 1.53. The first-order valence-corrected chi connectivity index (χ1v) is 13.7. The number of carbonyl (C=O) groups excluding carboxylic acids is 1. The van der Waals surface area contributed by atoms with Crippen LogP contribution in [-0.4, -0.2) is 27.6 Å². The third-order valence-electron chi connectivity index (χ3n) is 7.40. The monoisotopic (exact) mass is 545 g/mol. The van der Waals surface area contributed by atoms with Crippen LogP contribution in [0.1, 0.15) is 42.4 Å². The number of fused-ring (bicyclic) bond motifs is 1. The Morgan fingerprint density at radius 3 is 2.05 bits per heavy atom. The number of aryl methyl sites for hydroxylation is 1. The van der Waals surface area contributed by atoms with E-state index in [1.54, 1.807) is 0 Å². The molecule has 6 nitrogen and oxygen atoms in total. The number of aliphatic carboxylic acids is 1. The summed E-state index contributed by atoms with van der Waals surface area (Å²) in [5, 5.41) is 17.1. The summed E-state index contributed by atoms with van der Waals surface area (Å²) < 4.78 is 1.84. The third-order valence-corrected chi connectivity index (χ3v) is 7.40. The smallest absolute Gasteiger partial charge is 0.326 e. The topological polar surface area (TPSA) is 83.4 Å². The predicted molar refractivity (Wildman–Crippen MR) is 166 cm³/mol. The molecule has 1 heterocycles. The summed E-state index contributed by atoms with van der Waals surface area (Å²) in [4.78, 5) is 26.0. The minimum atomic E-state index is -1.08. The number of aromatic nitrogens is 1. The zero-order valence-electron chi connectivity index (χ0n) is 23.8. The van der Waals surface area contributed by atoms with Crippen molar-refractivity contribution < 1.29 is 14.7 Å². The molecular weight excluding hydrogens is 510 g/mol. The van der Waals surface area contributed by atoms with Crippen LogP contribution >= 0.6 is 0 Å². The van der Waals surface area contributed by atoms with Crippen LogP contribution in [0, 0.1) is 0 Å². The average Bonchev–Trinajstić information content (AvgIpc) is 3.25. The van der Waals surface area contributed by atoms with Gasteiger partial charge in [0.2, 0.25) is 0 Å². The number of amides is 1. The van der Waals surface area contributed by atoms with E-state index in [0.717, 1.165) is 39.0 Å². The molecule has 5 aromatic rings. The second-order valence-electron chi connectivity index (χ2n) is 11.4. The van der Waals surface area contributed by atoms with Gasteiger partial charge in [-0.2, -0.15) is 0 Å². The van der Waals surface area contributed by atoms with E-state index >= 15 is 0 Å². The summed E-state index contributed by atoms with van der Waals surface area (Å²) in [6, 6.07) is 32.4. The molecule has 0 spiro atoms. The van der Waals surface area contributed by atoms with E-state index in [4.69, 9.17) is 0 Å². The molecule has 4 aromatic carbocycles. The number of carbonyl (C=O) groups is 2. The first-order valence-electron chi connectivity index (χ1n) is 13.7. The number of hydrogen-bond donors (Lipinski definition) is 3. The summed E-state index contributed by atoms with van der Waals surface area (Å²) in [5.41, 5.74) is 6.96. The first kappa shape index (κ1) is 27.7. The Kier molecular flexibility index (Phi) is 7.66. The summed E-state index contributed by atoms with van der Waals surface area (Å²) >= 11 is 0. The van der Waals surface area contributed by atoms with Gasteiger partial charge in [0, 0.05) is 41.3 Å². The second kappa shape index (κ2) is 11.3. The number of rotatable bonds is 8. The minimum absolute atomic E-state index is 0.0732. The molecule has 0 fully saturated rings. The SMILES string of the molecule is Cn1c(C(=O)N[C@@H](Cc2ccccc2)C(=O)O)c(-c2ccccc2)c2cc(Nc3ccc(C(C)(C)C)cc3)ccc21. The molecule has 3 N–H and O–H groups in total. The molecule has 0 radical (unpaired) electrons. The zero-order valence-corrected chi connectivity index (χ0v) is 23.8. The number of hydrogen-bond acceptors (Lipinski definition) is 3. The molecule has 1 amide bonds. The highest BCUT2D eigenvalue weighted by Gasteiger charge is 2.27. The van der Waals surface area contributed by atoms with Crippen molar-refractivity contribution in [2.75, 3.05) is 5.32 Å². The molecule has 0 aliphatic heterocycles. The van der Waals surface area contributed by atoms with Crippen molar-refractivity contribution in [1.29, 1.82) is 0 Å². The Morgan fingerprint density at radius 1 is 0.829 bits per heavy atom. The number of carboxylic acids is 1. The molecule has 1 atom stereocenters. The Labute approximate surface area is 240 Å². The highest BCUT2D eigenvalue weighted by molar-refractivity contribution is 6.11. The van der Waals surface area contributed by atoms with Crippen molar-refractivity contribution in [2.24, 2.45) is 7.05 Å². The zero-order chi connectivity index (χ0) is 29.1. The fourth-order valence-corrected chi connectivity index (χ4v) is 5.18. The normalized spacial score (nSPS) is 12.2. The molecular formula is C35H35N3O3. The third kappa shape index (κ3) is 6.02. The van der Waals surface area contributed by atoms with Crippen molar-refractivity contribution in [3.63, 3.8) is 0 Å². The Hall–Kier alpha value is -4.84. The van der Waals surface area contributed by atoms with Crippen molar-refractivity contribution in [3.05, 3.63) is 120 Å². The molecule has 5 rings (SSSR count). The molecule has 6 heteroatoms. The molecule has 0 bridgehead atoms. The lowest BCUT2D eigenvalue weighted by Crippen LogP contribution is -2.43. The van der Waals surface area contributed by atoms with Crippen molar-refractivity contribution >= 4 is 34.2 Å². The number of nitrogens with zero attached hydrogens (tertiary/aromatic N) is 1. The van der Waals surface area contributed by atoms with E-state index in [-0.39, 0.29) is 11.8 Å². The van der Waals surface area contributed by atoms with Gasteiger partial charge < -0.3 is 20.3 Å². The fourth-order valence-electron chi connectivity index (χ4n) is 5.18. The van der Waals surface area contributed by atoms with E-state index in [0.29, 0.717) is 5.69 Å². The van der Waals surface area contributed by atoms with Crippen molar-refractivity contribution in [2.45, 2.75) is 38.6 Å². The second-order valence-corrected chi connectivity index (χ2v) is 11.4. The van der Waals surface area contributed by atoms with Gasteiger partial charge in [0.15, 0.2) is 0 Å². The van der Waals surface area contributed by atoms with Gasteiger partial charge in [0.1, 0.15) is 11.7 Å². The number of carboxylic acid groups (broad SMARTS) is 1. The summed E-state index contributed by atoms with van der Waals surface area (Å²) in [6.45, 7) is 6.58. The van der Waals surface area contributed by atoms with Gasteiger partial charge in [-0.3, -0.25) is 4.79 Å². The van der Waals surface area contributed by atoms with Crippen molar-refractivity contribution in [1.82, 2.24) is 9.88 Å². The molecule has 0 aliphatic carbocycles. The van der Waals surface area contributed by atoms with Gasteiger partial charge in [-0.1, -0.05) is 93.6 Å². The maximum Gasteiger partial charge on any atom is 0.326 e. The fraction of sp³-hybridized carbons (Fsp3) is 0.200. The van der Waals surface area contributed by atoms with Gasteiger partial charge in [0.05, 0.1) is 0 Å². The van der Waals surface area contributed by atoms with Crippen LogP contribution < -0.4 is 10.6 Å². The van der Waals surface area contributed by atoms with Gasteiger partial charge >= 0.3 is 5.97 Å². The van der Waals surface area contributed by atoms with Crippen LogP contribution in [0.4, 0.5) is 11.4 Å². The number of anilines is 2. The Bertz CT molecular complexity index is 1680. The average molecular weight is 546 g/mol. The Morgan fingerprint density at radius 2 is 1.44 bits per heavy atom. The van der Waals surface area contributed by atoms with Crippen LogP contribution in [0.2, 0.25) is 0 Å². The molecule has 0 saturated carbocycles. The molecule has 0 aliphatic rings. The maximum absolute atomic E-state index is 13.8. The van der Waals surface area contributed by atoms with Gasteiger partial charge in [0.25, 0.3) is 5.91 Å². The van der Waals surface area contributed by atoms with Crippen LogP contribution in [0.3, 0.4) is 0 Å². The largest absolute Gasteiger partial charge is 0.480 e. The summed E-state index contributed by atoms with van der Waals surface area (Å²) in [6.07, 6.45) is 0.189. The molecule has 0 unspecified atom stereocenters. The molecule has 1 aromatic heterocycles. The van der Waals surface area contributed by atoms with E-state index < -0.39 is 17.9 Å². The van der Waals surface area contributed by atoms with Gasteiger partial charge in [-0.25, -0.2) is 4.79 Å². The lowest BCUT2D eigenvalue weighted by Gasteiger charge is -2.19. The van der Waals surface area contributed by atoms with E-state index in [9.17, 15) is 14.7 Å². The predicted octanol–water partition coefficient (Wildman–Crippen LogP) is 7.31. The number of benzene rings is 4. The quantitative estimate of drug-likeness (QED) is 0.191. The van der Waals surface area contributed by atoms with E-state index in [1.165, 1.54) is 5.56 Å².